The molecule has 3 aromatic carbocycles. The van der Waals surface area contributed by atoms with E-state index in [9.17, 15) is 9.59 Å². The number of hydrogen-bond acceptors (Lipinski definition) is 8. The Morgan fingerprint density at radius 2 is 1.71 bits per heavy atom. The maximum Gasteiger partial charge on any atom is 0.261 e. The third-order valence-corrected chi connectivity index (χ3v) is 9.39. The van der Waals surface area contributed by atoms with E-state index in [1.54, 1.807) is 27.8 Å². The van der Waals surface area contributed by atoms with E-state index in [1.807, 2.05) is 54.7 Å². The molecular weight excluding hydrogens is 516 g/mol. The van der Waals surface area contributed by atoms with Crippen LogP contribution in [0, 0.1) is 0 Å². The zero-order valence-corrected chi connectivity index (χ0v) is 22.2. The summed E-state index contributed by atoms with van der Waals surface area (Å²) in [6, 6.07) is 17.8. The van der Waals surface area contributed by atoms with Gasteiger partial charge in [-0.05, 0) is 43.2 Å². The van der Waals surface area contributed by atoms with Crippen LogP contribution >= 0.6 is 23.1 Å². The van der Waals surface area contributed by atoms with Crippen molar-refractivity contribution in [2.24, 2.45) is 0 Å². The van der Waals surface area contributed by atoms with E-state index >= 15 is 0 Å². The molecule has 5 aromatic rings. The summed E-state index contributed by atoms with van der Waals surface area (Å²) < 4.78 is 3.85. The van der Waals surface area contributed by atoms with Crippen molar-refractivity contribution in [1.82, 2.24) is 24.9 Å². The van der Waals surface area contributed by atoms with Crippen molar-refractivity contribution >= 4 is 61.6 Å². The average Bonchev–Trinajstić information content (AvgIpc) is 3.71. The summed E-state index contributed by atoms with van der Waals surface area (Å²) in [6.45, 7) is 2.63. The Morgan fingerprint density at radius 1 is 0.895 bits per heavy atom. The summed E-state index contributed by atoms with van der Waals surface area (Å²) in [5.74, 6) is 0.146. The van der Waals surface area contributed by atoms with Gasteiger partial charge in [0.25, 0.3) is 11.8 Å². The topological polar surface area (TPSA) is 84.2 Å². The van der Waals surface area contributed by atoms with Crippen molar-refractivity contribution in [1.29, 1.82) is 0 Å². The van der Waals surface area contributed by atoms with Gasteiger partial charge in [0.05, 0.1) is 22.5 Å². The number of thioether (sulfide) groups is 1. The number of amides is 2. The predicted octanol–water partition coefficient (Wildman–Crippen LogP) is 5.23. The Hall–Kier alpha value is -3.76. The Morgan fingerprint density at radius 3 is 2.55 bits per heavy atom. The van der Waals surface area contributed by atoms with E-state index in [2.05, 4.69) is 26.3 Å². The number of rotatable bonds is 7. The molecule has 0 bridgehead atoms. The van der Waals surface area contributed by atoms with E-state index in [4.69, 9.17) is 0 Å². The highest BCUT2D eigenvalue weighted by molar-refractivity contribution is 8.00. The lowest BCUT2D eigenvalue weighted by atomic mass is 9.92. The Labute approximate surface area is 227 Å². The molecule has 7 rings (SSSR count). The van der Waals surface area contributed by atoms with Crippen LogP contribution in [0.2, 0.25) is 0 Å². The second-order valence-electron chi connectivity index (χ2n) is 9.53. The molecule has 38 heavy (non-hydrogen) atoms. The summed E-state index contributed by atoms with van der Waals surface area (Å²) >= 11 is 3.29. The third-order valence-electron chi connectivity index (χ3n) is 7.17. The number of hydrogen-bond donors (Lipinski definition) is 0. The third kappa shape index (κ3) is 4.04. The van der Waals surface area contributed by atoms with Gasteiger partial charge in [0.15, 0.2) is 4.34 Å². The summed E-state index contributed by atoms with van der Waals surface area (Å²) in [5, 5.41) is 10.3. The second-order valence-corrected chi connectivity index (χ2v) is 11.8. The molecule has 0 aliphatic carbocycles. The zero-order chi connectivity index (χ0) is 25.6. The summed E-state index contributed by atoms with van der Waals surface area (Å²) in [5.41, 5.74) is 4.12. The van der Waals surface area contributed by atoms with Crippen LogP contribution in [-0.4, -0.2) is 56.3 Å². The fraction of sp³-hybridized carbons (Fsp3) is 0.250. The number of carbonyl (C=O) groups is 2. The number of fused-ring (bicyclic) bond motifs is 1. The van der Waals surface area contributed by atoms with Crippen molar-refractivity contribution in [3.8, 4) is 0 Å². The monoisotopic (exact) mass is 540 g/mol. The van der Waals surface area contributed by atoms with Gasteiger partial charge in [-0.25, -0.2) is 4.98 Å². The summed E-state index contributed by atoms with van der Waals surface area (Å²) in [4.78, 5) is 35.2. The van der Waals surface area contributed by atoms with Gasteiger partial charge < -0.3 is 4.90 Å². The van der Waals surface area contributed by atoms with Gasteiger partial charge in [0.1, 0.15) is 0 Å². The number of carbonyl (C=O) groups excluding carboxylic acids is 2. The summed E-state index contributed by atoms with van der Waals surface area (Å²) in [6.07, 6.45) is 4.20. The second kappa shape index (κ2) is 9.52. The van der Waals surface area contributed by atoms with Crippen LogP contribution in [0.5, 0.6) is 0 Å². The first-order valence-electron chi connectivity index (χ1n) is 12.7. The molecule has 2 aromatic heterocycles. The number of imide groups is 1. The van der Waals surface area contributed by atoms with Crippen LogP contribution in [-0.2, 0) is 12.3 Å². The minimum Gasteiger partial charge on any atom is -0.371 e. The zero-order valence-electron chi connectivity index (χ0n) is 20.5. The van der Waals surface area contributed by atoms with Crippen LogP contribution in [0.25, 0.3) is 21.0 Å². The Balaban J connectivity index is 1.06. The molecule has 8 nitrogen and oxygen atoms in total. The van der Waals surface area contributed by atoms with Gasteiger partial charge in [-0.1, -0.05) is 41.2 Å². The largest absolute Gasteiger partial charge is 0.371 e. The molecule has 1 saturated heterocycles. The standard InChI is InChI=1S/C28H24N6O2S2/c35-26-20-7-5-6-19-23(32-12-3-4-13-32)11-10-21(25(19)20)27(36)34(26)15-14-33-16-18(30-31-33)17-37-28-29-22-8-1-2-9-24(22)38-28/h1-2,5-11,16H,3-4,12-15,17H2. The van der Waals surface area contributed by atoms with Crippen molar-refractivity contribution in [3.63, 3.8) is 0 Å². The quantitative estimate of drug-likeness (QED) is 0.206. The molecule has 0 saturated carbocycles. The number of thiazole rings is 1. The molecule has 10 heteroatoms. The molecule has 0 spiro atoms. The van der Waals surface area contributed by atoms with Gasteiger partial charge >= 0.3 is 0 Å². The molecule has 2 aliphatic heterocycles. The highest BCUT2D eigenvalue weighted by atomic mass is 32.2. The van der Waals surface area contributed by atoms with Gasteiger partial charge in [-0.2, -0.15) is 0 Å². The van der Waals surface area contributed by atoms with Gasteiger partial charge in [0.2, 0.25) is 0 Å². The smallest absolute Gasteiger partial charge is 0.261 e. The highest BCUT2D eigenvalue weighted by Gasteiger charge is 2.33. The number of para-hydroxylation sites is 1. The van der Waals surface area contributed by atoms with E-state index < -0.39 is 0 Å². The first kappa shape index (κ1) is 23.4. The maximum atomic E-state index is 13.4. The van der Waals surface area contributed by atoms with E-state index in [1.165, 1.54) is 22.4 Å². The SMILES string of the molecule is O=C1c2cccc3c(N4CCCC4)ccc(c23)C(=O)N1CCn1cc(CSc2nc3ccccc3s2)nn1. The number of nitrogens with zero attached hydrogens (tertiary/aromatic N) is 6. The fourth-order valence-electron chi connectivity index (χ4n) is 5.33. The lowest BCUT2D eigenvalue weighted by Crippen LogP contribution is -2.42. The number of aromatic nitrogens is 4. The molecule has 0 radical (unpaired) electrons. The lowest BCUT2D eigenvalue weighted by molar-refractivity contribution is 0.0603. The van der Waals surface area contributed by atoms with Gasteiger partial charge in [0, 0.05) is 59.2 Å². The van der Waals surface area contributed by atoms with Crippen LogP contribution in [0.3, 0.4) is 0 Å². The lowest BCUT2D eigenvalue weighted by Gasteiger charge is -2.29. The first-order valence-corrected chi connectivity index (χ1v) is 14.5. The molecule has 190 valence electrons. The van der Waals surface area contributed by atoms with Crippen LogP contribution in [0.4, 0.5) is 5.69 Å². The maximum absolute atomic E-state index is 13.4. The molecule has 0 N–H and O–H groups in total. The molecular formula is C28H24N6O2S2. The van der Waals surface area contributed by atoms with Crippen LogP contribution < -0.4 is 4.90 Å². The molecule has 0 unspecified atom stereocenters. The van der Waals surface area contributed by atoms with Crippen molar-refractivity contribution in [2.75, 3.05) is 24.5 Å². The van der Waals surface area contributed by atoms with Crippen molar-refractivity contribution < 1.29 is 9.59 Å². The first-order chi connectivity index (χ1) is 18.7. The highest BCUT2D eigenvalue weighted by Crippen LogP contribution is 2.37. The van der Waals surface area contributed by atoms with E-state index in [0.717, 1.165) is 45.1 Å². The van der Waals surface area contributed by atoms with E-state index in [-0.39, 0.29) is 18.4 Å². The molecule has 2 aliphatic rings. The van der Waals surface area contributed by atoms with Crippen LogP contribution in [0.15, 0.2) is 65.1 Å². The van der Waals surface area contributed by atoms with E-state index in [0.29, 0.717) is 23.4 Å². The molecule has 2 amide bonds. The fourth-order valence-corrected chi connectivity index (χ4v) is 7.28. The minimum absolute atomic E-state index is 0.231. The molecule has 4 heterocycles. The summed E-state index contributed by atoms with van der Waals surface area (Å²) in [7, 11) is 0. The number of benzene rings is 3. The predicted molar refractivity (Wildman–Crippen MR) is 150 cm³/mol. The molecule has 0 atom stereocenters. The molecule has 1 fully saturated rings. The van der Waals surface area contributed by atoms with Crippen LogP contribution in [0.1, 0.15) is 39.3 Å². The average molecular weight is 541 g/mol. The van der Waals surface area contributed by atoms with Gasteiger partial charge in [-0.15, -0.1) is 16.4 Å². The van der Waals surface area contributed by atoms with Gasteiger partial charge in [-0.3, -0.25) is 19.2 Å². The Bertz CT molecular complexity index is 1650. The normalized spacial score (nSPS) is 15.4. The van der Waals surface area contributed by atoms with Crippen molar-refractivity contribution in [3.05, 3.63) is 77.6 Å². The number of anilines is 1. The van der Waals surface area contributed by atoms with Crippen molar-refractivity contribution in [2.45, 2.75) is 29.5 Å². The minimum atomic E-state index is -0.251. The Kier molecular flexibility index (Phi) is 5.85.